The number of fused-ring (bicyclic) bond motifs is 1. The Labute approximate surface area is 120 Å². The standard InChI is InChI=1S/C12H17N3O4S/c1-19-6-5-8(10(16)17)13-11(18)15-12-14-7-3-2-4-9(7)20-12/h8H,2-6H2,1H3,(H,16,17)(H2,13,14,15,18). The van der Waals surface area contributed by atoms with Crippen LogP contribution in [-0.2, 0) is 22.4 Å². The lowest BCUT2D eigenvalue weighted by atomic mass is 10.2. The number of anilines is 1. The average Bonchev–Trinajstić information content (AvgIpc) is 2.94. The zero-order valence-corrected chi connectivity index (χ0v) is 12.0. The molecule has 7 nitrogen and oxygen atoms in total. The number of urea groups is 1. The molecule has 0 aromatic carbocycles. The lowest BCUT2D eigenvalue weighted by molar-refractivity contribution is -0.139. The molecule has 0 radical (unpaired) electrons. The van der Waals surface area contributed by atoms with E-state index in [-0.39, 0.29) is 13.0 Å². The van der Waals surface area contributed by atoms with E-state index in [1.165, 1.54) is 23.3 Å². The second-order valence-electron chi connectivity index (χ2n) is 4.51. The Morgan fingerprint density at radius 1 is 1.50 bits per heavy atom. The molecule has 0 spiro atoms. The van der Waals surface area contributed by atoms with Crippen LogP contribution >= 0.6 is 11.3 Å². The van der Waals surface area contributed by atoms with E-state index in [0.717, 1.165) is 25.0 Å². The van der Waals surface area contributed by atoms with Crippen LogP contribution in [0.3, 0.4) is 0 Å². The molecule has 0 aliphatic heterocycles. The minimum Gasteiger partial charge on any atom is -0.480 e. The number of nitrogens with zero attached hydrogens (tertiary/aromatic N) is 1. The molecule has 3 N–H and O–H groups in total. The van der Waals surface area contributed by atoms with Crippen molar-refractivity contribution in [2.24, 2.45) is 0 Å². The van der Waals surface area contributed by atoms with Crippen LogP contribution in [0.2, 0.25) is 0 Å². The lowest BCUT2D eigenvalue weighted by Gasteiger charge is -2.13. The summed E-state index contributed by atoms with van der Waals surface area (Å²) in [6, 6.07) is -1.53. The number of nitrogens with one attached hydrogen (secondary N) is 2. The van der Waals surface area contributed by atoms with Gasteiger partial charge < -0.3 is 15.2 Å². The van der Waals surface area contributed by atoms with Gasteiger partial charge in [-0.15, -0.1) is 11.3 Å². The highest BCUT2D eigenvalue weighted by molar-refractivity contribution is 7.15. The quantitative estimate of drug-likeness (QED) is 0.734. The number of aliphatic carboxylic acids is 1. The number of carbonyl (C=O) groups is 2. The summed E-state index contributed by atoms with van der Waals surface area (Å²) in [6.45, 7) is 0.267. The summed E-state index contributed by atoms with van der Waals surface area (Å²) in [5.41, 5.74) is 1.04. The lowest BCUT2D eigenvalue weighted by Crippen LogP contribution is -2.43. The summed E-state index contributed by atoms with van der Waals surface area (Å²) >= 11 is 1.45. The summed E-state index contributed by atoms with van der Waals surface area (Å²) in [5, 5.41) is 14.5. The molecule has 1 aromatic heterocycles. The largest absolute Gasteiger partial charge is 0.480 e. The summed E-state index contributed by atoms with van der Waals surface area (Å²) in [4.78, 5) is 28.3. The molecule has 20 heavy (non-hydrogen) atoms. The predicted molar refractivity (Wildman–Crippen MR) is 74.2 cm³/mol. The minimum atomic E-state index is -1.08. The van der Waals surface area contributed by atoms with Gasteiger partial charge in [-0.05, 0) is 19.3 Å². The summed E-state index contributed by atoms with van der Waals surface area (Å²) in [5.74, 6) is -1.08. The first-order chi connectivity index (χ1) is 9.60. The van der Waals surface area contributed by atoms with E-state index in [2.05, 4.69) is 15.6 Å². The van der Waals surface area contributed by atoms with Crippen LogP contribution in [0.25, 0.3) is 0 Å². The molecule has 1 atom stereocenters. The SMILES string of the molecule is COCCC(NC(=O)Nc1nc2c(s1)CCC2)C(=O)O. The number of aryl methyl sites for hydroxylation is 2. The number of aromatic nitrogens is 1. The molecule has 0 bridgehead atoms. The molecular weight excluding hydrogens is 282 g/mol. The fourth-order valence-electron chi connectivity index (χ4n) is 2.03. The first kappa shape index (κ1) is 14.7. The fourth-order valence-corrected chi connectivity index (χ4v) is 3.07. The highest BCUT2D eigenvalue weighted by Crippen LogP contribution is 2.30. The van der Waals surface area contributed by atoms with Crippen molar-refractivity contribution in [1.82, 2.24) is 10.3 Å². The monoisotopic (exact) mass is 299 g/mol. The number of ether oxygens (including phenoxy) is 1. The van der Waals surface area contributed by atoms with Crippen LogP contribution in [0.1, 0.15) is 23.4 Å². The van der Waals surface area contributed by atoms with Crippen molar-refractivity contribution < 1.29 is 19.4 Å². The minimum absolute atomic E-state index is 0.216. The molecule has 0 fully saturated rings. The highest BCUT2D eigenvalue weighted by Gasteiger charge is 2.21. The van der Waals surface area contributed by atoms with Crippen molar-refractivity contribution in [2.45, 2.75) is 31.7 Å². The van der Waals surface area contributed by atoms with Gasteiger partial charge in [0.15, 0.2) is 5.13 Å². The predicted octanol–water partition coefficient (Wildman–Crippen LogP) is 1.24. The average molecular weight is 299 g/mol. The fraction of sp³-hybridized carbons (Fsp3) is 0.583. The Bertz CT molecular complexity index is 481. The number of carboxylic acid groups (broad SMARTS) is 1. The first-order valence-corrected chi connectivity index (χ1v) is 7.19. The Hall–Kier alpha value is -1.67. The van der Waals surface area contributed by atoms with Gasteiger partial charge in [0.1, 0.15) is 6.04 Å². The molecule has 2 amide bonds. The van der Waals surface area contributed by atoms with E-state index in [1.807, 2.05) is 0 Å². The van der Waals surface area contributed by atoms with E-state index in [0.29, 0.717) is 5.13 Å². The maximum atomic E-state index is 11.8. The van der Waals surface area contributed by atoms with Crippen LogP contribution < -0.4 is 10.6 Å². The number of carboxylic acids is 1. The summed E-state index contributed by atoms with van der Waals surface area (Å²) in [7, 11) is 1.48. The second kappa shape index (κ2) is 6.67. The Morgan fingerprint density at radius 3 is 2.95 bits per heavy atom. The van der Waals surface area contributed by atoms with E-state index in [9.17, 15) is 9.59 Å². The maximum Gasteiger partial charge on any atom is 0.326 e. The van der Waals surface area contributed by atoms with Gasteiger partial charge in [-0.25, -0.2) is 14.6 Å². The molecule has 1 aliphatic rings. The van der Waals surface area contributed by atoms with Crippen LogP contribution in [0.15, 0.2) is 0 Å². The first-order valence-electron chi connectivity index (χ1n) is 6.38. The van der Waals surface area contributed by atoms with E-state index in [1.54, 1.807) is 0 Å². The molecule has 2 rings (SSSR count). The van der Waals surface area contributed by atoms with E-state index in [4.69, 9.17) is 9.84 Å². The van der Waals surface area contributed by atoms with Gasteiger partial charge in [-0.3, -0.25) is 5.32 Å². The number of hydrogen-bond donors (Lipinski definition) is 3. The second-order valence-corrected chi connectivity index (χ2v) is 5.60. The Balaban J connectivity index is 1.88. The van der Waals surface area contributed by atoms with E-state index < -0.39 is 18.0 Å². The number of methoxy groups -OCH3 is 1. The molecule has 8 heteroatoms. The molecule has 1 aromatic rings. The molecule has 1 unspecified atom stereocenters. The Kier molecular flexibility index (Phi) is 4.91. The summed E-state index contributed by atoms with van der Waals surface area (Å²) in [6.07, 6.45) is 3.27. The van der Waals surface area contributed by atoms with Crippen molar-refractivity contribution in [3.05, 3.63) is 10.6 Å². The van der Waals surface area contributed by atoms with Gasteiger partial charge in [0.05, 0.1) is 5.69 Å². The number of hydrogen-bond acceptors (Lipinski definition) is 5. The van der Waals surface area contributed by atoms with Gasteiger partial charge in [-0.1, -0.05) is 0 Å². The van der Waals surface area contributed by atoms with Crippen LogP contribution in [0.4, 0.5) is 9.93 Å². The van der Waals surface area contributed by atoms with Crippen molar-refractivity contribution in [2.75, 3.05) is 19.0 Å². The third-order valence-electron chi connectivity index (χ3n) is 3.03. The normalized spacial score (nSPS) is 14.7. The zero-order valence-electron chi connectivity index (χ0n) is 11.1. The number of rotatable bonds is 6. The molecular formula is C12H17N3O4S. The molecule has 1 heterocycles. The summed E-state index contributed by atoms with van der Waals surface area (Å²) < 4.78 is 4.82. The molecule has 1 aliphatic carbocycles. The van der Waals surface area contributed by atoms with Gasteiger partial charge in [0.2, 0.25) is 0 Å². The van der Waals surface area contributed by atoms with Crippen molar-refractivity contribution in [3.8, 4) is 0 Å². The third-order valence-corrected chi connectivity index (χ3v) is 4.10. The van der Waals surface area contributed by atoms with Gasteiger partial charge >= 0.3 is 12.0 Å². The topological polar surface area (TPSA) is 101 Å². The van der Waals surface area contributed by atoms with Crippen LogP contribution in [0.5, 0.6) is 0 Å². The maximum absolute atomic E-state index is 11.8. The van der Waals surface area contributed by atoms with Gasteiger partial charge in [0.25, 0.3) is 0 Å². The number of carbonyl (C=O) groups excluding carboxylic acids is 1. The van der Waals surface area contributed by atoms with Crippen LogP contribution in [-0.4, -0.2) is 41.8 Å². The molecule has 0 saturated carbocycles. The number of amides is 2. The third kappa shape index (κ3) is 3.67. The Morgan fingerprint density at radius 2 is 2.30 bits per heavy atom. The van der Waals surface area contributed by atoms with Crippen molar-refractivity contribution >= 4 is 28.5 Å². The molecule has 0 saturated heterocycles. The van der Waals surface area contributed by atoms with Crippen LogP contribution in [0, 0.1) is 0 Å². The molecule has 110 valence electrons. The van der Waals surface area contributed by atoms with Gasteiger partial charge in [0, 0.05) is 25.0 Å². The van der Waals surface area contributed by atoms with E-state index >= 15 is 0 Å². The smallest absolute Gasteiger partial charge is 0.326 e. The zero-order chi connectivity index (χ0) is 14.5. The van der Waals surface area contributed by atoms with Crippen molar-refractivity contribution in [1.29, 1.82) is 0 Å². The highest BCUT2D eigenvalue weighted by atomic mass is 32.1. The van der Waals surface area contributed by atoms with Crippen molar-refractivity contribution in [3.63, 3.8) is 0 Å². The van der Waals surface area contributed by atoms with Gasteiger partial charge in [-0.2, -0.15) is 0 Å². The number of thiazole rings is 1.